The van der Waals surface area contributed by atoms with Crippen LogP contribution < -0.4 is 0 Å². The van der Waals surface area contributed by atoms with E-state index in [0.717, 1.165) is 47.5 Å². The van der Waals surface area contributed by atoms with Crippen molar-refractivity contribution in [2.45, 2.75) is 31.7 Å². The van der Waals surface area contributed by atoms with Crippen LogP contribution in [0.3, 0.4) is 0 Å². The minimum absolute atomic E-state index is 0.112. The van der Waals surface area contributed by atoms with Crippen molar-refractivity contribution in [2.75, 3.05) is 6.54 Å². The van der Waals surface area contributed by atoms with E-state index in [0.29, 0.717) is 18.7 Å². The maximum atomic E-state index is 13.1. The third kappa shape index (κ3) is 4.08. The summed E-state index contributed by atoms with van der Waals surface area (Å²) in [5.74, 6) is 1.47. The topological polar surface area (TPSA) is 64.2 Å². The average Bonchev–Trinajstić information content (AvgIpc) is 3.58. The van der Waals surface area contributed by atoms with Crippen molar-refractivity contribution < 1.29 is 9.21 Å². The fourth-order valence-electron chi connectivity index (χ4n) is 4.43. The zero-order chi connectivity index (χ0) is 21.9. The number of hydrogen-bond acceptors (Lipinski definition) is 4. The Kier molecular flexibility index (Phi) is 5.58. The van der Waals surface area contributed by atoms with Gasteiger partial charge in [-0.2, -0.15) is 5.10 Å². The lowest BCUT2D eigenvalue weighted by atomic mass is 10.1. The van der Waals surface area contributed by atoms with Gasteiger partial charge in [0.1, 0.15) is 5.69 Å². The highest BCUT2D eigenvalue weighted by molar-refractivity contribution is 5.78. The third-order valence-electron chi connectivity index (χ3n) is 5.99. The zero-order valence-electron chi connectivity index (χ0n) is 18.1. The number of amides is 1. The first-order chi connectivity index (χ1) is 15.7. The molecule has 1 aliphatic rings. The second-order valence-electron chi connectivity index (χ2n) is 8.21. The number of likely N-dealkylation sites (tertiary alicyclic amines) is 1. The fraction of sp³-hybridized carbons (Fsp3) is 0.269. The molecule has 2 aromatic heterocycles. The minimum Gasteiger partial charge on any atom is -0.440 e. The van der Waals surface area contributed by atoms with Gasteiger partial charge in [0.2, 0.25) is 5.91 Å². The Bertz CT molecular complexity index is 1140. The van der Waals surface area contributed by atoms with Crippen molar-refractivity contribution in [2.24, 2.45) is 7.05 Å². The van der Waals surface area contributed by atoms with E-state index >= 15 is 0 Å². The SMILES string of the molecule is Cn1cc(C2CCCN2C(=O)CCc2nc(-c3ccccc3)c(-c3ccccc3)o2)cn1. The van der Waals surface area contributed by atoms with Gasteiger partial charge in [0, 0.05) is 49.3 Å². The van der Waals surface area contributed by atoms with Crippen molar-refractivity contribution in [3.05, 3.63) is 84.5 Å². The second kappa shape index (κ2) is 8.83. The van der Waals surface area contributed by atoms with Crippen LogP contribution in [-0.2, 0) is 18.3 Å². The van der Waals surface area contributed by atoms with Gasteiger partial charge in [0.15, 0.2) is 11.7 Å². The van der Waals surface area contributed by atoms with Crippen LogP contribution in [0.25, 0.3) is 22.6 Å². The number of aryl methyl sites for hydroxylation is 2. The van der Waals surface area contributed by atoms with E-state index in [4.69, 9.17) is 9.40 Å². The van der Waals surface area contributed by atoms with Crippen LogP contribution in [0.2, 0.25) is 0 Å². The summed E-state index contributed by atoms with van der Waals surface area (Å²) >= 11 is 0. The molecule has 6 heteroatoms. The summed E-state index contributed by atoms with van der Waals surface area (Å²) in [5.41, 5.74) is 3.90. The maximum absolute atomic E-state index is 13.1. The van der Waals surface area contributed by atoms with Crippen molar-refractivity contribution in [3.8, 4) is 22.6 Å². The molecule has 1 amide bonds. The number of rotatable bonds is 6. The maximum Gasteiger partial charge on any atom is 0.223 e. The van der Waals surface area contributed by atoms with Gasteiger partial charge in [-0.25, -0.2) is 4.98 Å². The van der Waals surface area contributed by atoms with Crippen molar-refractivity contribution in [3.63, 3.8) is 0 Å². The van der Waals surface area contributed by atoms with E-state index in [1.54, 1.807) is 4.68 Å². The molecule has 0 aliphatic carbocycles. The molecular weight excluding hydrogens is 400 g/mol. The Morgan fingerprint density at radius 1 is 1.06 bits per heavy atom. The van der Waals surface area contributed by atoms with Gasteiger partial charge in [-0.1, -0.05) is 60.7 Å². The highest BCUT2D eigenvalue weighted by atomic mass is 16.4. The Morgan fingerprint density at radius 3 is 2.47 bits per heavy atom. The Hall–Kier alpha value is -3.67. The number of carbonyl (C=O) groups is 1. The molecule has 5 rings (SSSR count). The van der Waals surface area contributed by atoms with E-state index in [-0.39, 0.29) is 11.9 Å². The van der Waals surface area contributed by atoms with Crippen LogP contribution in [0.15, 0.2) is 77.5 Å². The summed E-state index contributed by atoms with van der Waals surface area (Å²) in [7, 11) is 1.90. The predicted octanol–water partition coefficient (Wildman–Crippen LogP) is 5.04. The van der Waals surface area contributed by atoms with Gasteiger partial charge in [-0.15, -0.1) is 0 Å². The quantitative estimate of drug-likeness (QED) is 0.433. The molecule has 1 unspecified atom stereocenters. The molecule has 162 valence electrons. The van der Waals surface area contributed by atoms with Crippen LogP contribution in [0.1, 0.15) is 36.8 Å². The van der Waals surface area contributed by atoms with Gasteiger partial charge in [0.05, 0.1) is 12.2 Å². The van der Waals surface area contributed by atoms with E-state index in [1.807, 2.05) is 85.0 Å². The molecule has 0 bridgehead atoms. The van der Waals surface area contributed by atoms with Crippen LogP contribution in [-0.4, -0.2) is 32.1 Å². The lowest BCUT2D eigenvalue weighted by Crippen LogP contribution is -2.30. The molecular formula is C26H26N4O2. The molecule has 3 heterocycles. The fourth-order valence-corrected chi connectivity index (χ4v) is 4.43. The molecule has 6 nitrogen and oxygen atoms in total. The molecule has 4 aromatic rings. The molecule has 0 spiro atoms. The van der Waals surface area contributed by atoms with E-state index in [2.05, 4.69) is 5.10 Å². The molecule has 0 radical (unpaired) electrons. The van der Waals surface area contributed by atoms with Gasteiger partial charge in [-0.05, 0) is 12.8 Å². The summed E-state index contributed by atoms with van der Waals surface area (Å²) in [5, 5.41) is 4.27. The third-order valence-corrected chi connectivity index (χ3v) is 5.99. The summed E-state index contributed by atoms with van der Waals surface area (Å²) in [6.45, 7) is 0.786. The summed E-state index contributed by atoms with van der Waals surface area (Å²) in [6.07, 6.45) is 6.71. The van der Waals surface area contributed by atoms with Crippen LogP contribution in [0, 0.1) is 0 Å². The lowest BCUT2D eigenvalue weighted by molar-refractivity contribution is -0.132. The smallest absolute Gasteiger partial charge is 0.223 e. The first kappa shape index (κ1) is 20.2. The Morgan fingerprint density at radius 2 is 1.78 bits per heavy atom. The van der Waals surface area contributed by atoms with E-state index < -0.39 is 0 Å². The highest BCUT2D eigenvalue weighted by Gasteiger charge is 2.30. The van der Waals surface area contributed by atoms with Crippen molar-refractivity contribution in [1.29, 1.82) is 0 Å². The molecule has 1 saturated heterocycles. The normalized spacial score (nSPS) is 15.9. The standard InChI is InChI=1S/C26H26N4O2/c1-29-18-21(17-27-29)22-13-8-16-30(22)24(31)15-14-23-28-25(19-9-4-2-5-10-19)26(32-23)20-11-6-3-7-12-20/h2-7,9-12,17-18,22H,8,13-16H2,1H3. The Labute approximate surface area is 187 Å². The summed E-state index contributed by atoms with van der Waals surface area (Å²) < 4.78 is 7.98. The number of nitrogens with zero attached hydrogens (tertiary/aromatic N) is 4. The van der Waals surface area contributed by atoms with Gasteiger partial charge in [-0.3, -0.25) is 9.48 Å². The molecule has 2 aromatic carbocycles. The largest absolute Gasteiger partial charge is 0.440 e. The van der Waals surface area contributed by atoms with Crippen molar-refractivity contribution >= 4 is 5.91 Å². The molecule has 1 atom stereocenters. The van der Waals surface area contributed by atoms with E-state index in [9.17, 15) is 4.79 Å². The number of carbonyl (C=O) groups excluding carboxylic acids is 1. The molecule has 0 N–H and O–H groups in total. The number of benzene rings is 2. The van der Waals surface area contributed by atoms with Crippen LogP contribution in [0.4, 0.5) is 0 Å². The lowest BCUT2D eigenvalue weighted by Gasteiger charge is -2.23. The average molecular weight is 427 g/mol. The van der Waals surface area contributed by atoms with Crippen molar-refractivity contribution in [1.82, 2.24) is 19.7 Å². The van der Waals surface area contributed by atoms with Crippen LogP contribution in [0.5, 0.6) is 0 Å². The summed E-state index contributed by atoms with van der Waals surface area (Å²) in [6, 6.07) is 20.1. The summed E-state index contributed by atoms with van der Waals surface area (Å²) in [4.78, 5) is 19.8. The van der Waals surface area contributed by atoms with Gasteiger partial charge < -0.3 is 9.32 Å². The van der Waals surface area contributed by atoms with Gasteiger partial charge >= 0.3 is 0 Å². The molecule has 1 fully saturated rings. The van der Waals surface area contributed by atoms with Crippen LogP contribution >= 0.6 is 0 Å². The molecule has 32 heavy (non-hydrogen) atoms. The molecule has 1 aliphatic heterocycles. The molecule has 0 saturated carbocycles. The first-order valence-corrected chi connectivity index (χ1v) is 11.1. The highest BCUT2D eigenvalue weighted by Crippen LogP contribution is 2.34. The predicted molar refractivity (Wildman–Crippen MR) is 123 cm³/mol. The zero-order valence-corrected chi connectivity index (χ0v) is 18.1. The number of aromatic nitrogens is 3. The van der Waals surface area contributed by atoms with E-state index in [1.165, 1.54) is 0 Å². The van der Waals surface area contributed by atoms with Gasteiger partial charge in [0.25, 0.3) is 0 Å². The second-order valence-corrected chi connectivity index (χ2v) is 8.21. The number of oxazole rings is 1. The Balaban J connectivity index is 1.35. The minimum atomic E-state index is 0.112. The number of hydrogen-bond donors (Lipinski definition) is 0. The first-order valence-electron chi connectivity index (χ1n) is 11.1. The monoisotopic (exact) mass is 426 g/mol.